The summed E-state index contributed by atoms with van der Waals surface area (Å²) in [5.41, 5.74) is 3.04. The second-order valence-electron chi connectivity index (χ2n) is 5.36. The molecule has 6 heteroatoms. The zero-order chi connectivity index (χ0) is 19.1. The van der Waals surface area contributed by atoms with Gasteiger partial charge in [-0.15, -0.1) is 0 Å². The van der Waals surface area contributed by atoms with Crippen molar-refractivity contribution in [1.29, 1.82) is 0 Å². The average Bonchev–Trinajstić information content (AvgIpc) is 2.67. The van der Waals surface area contributed by atoms with E-state index in [-0.39, 0.29) is 0 Å². The maximum atomic E-state index is 11.6. The van der Waals surface area contributed by atoms with Crippen LogP contribution in [0.15, 0.2) is 54.6 Å². The number of nitrogens with two attached hydrogens (primary N) is 1. The lowest BCUT2D eigenvalue weighted by molar-refractivity contribution is -0.134. The van der Waals surface area contributed by atoms with Crippen molar-refractivity contribution in [1.82, 2.24) is 0 Å². The van der Waals surface area contributed by atoms with Crippen LogP contribution in [0.1, 0.15) is 23.6 Å². The highest BCUT2D eigenvalue weighted by Gasteiger charge is 2.17. The number of hydrogen-bond acceptors (Lipinski definition) is 5. The summed E-state index contributed by atoms with van der Waals surface area (Å²) in [6.45, 7) is 1.89. The molecule has 2 rings (SSSR count). The van der Waals surface area contributed by atoms with E-state index in [2.05, 4.69) is 4.74 Å². The molecule has 0 saturated carbocycles. The van der Waals surface area contributed by atoms with Gasteiger partial charge in [0.05, 0.1) is 20.3 Å². The van der Waals surface area contributed by atoms with Crippen LogP contribution < -0.4 is 5.90 Å². The third kappa shape index (κ3) is 4.45. The van der Waals surface area contributed by atoms with E-state index in [1.165, 1.54) is 20.3 Å². The Hall–Kier alpha value is -2.76. The maximum Gasteiger partial charge on any atom is 0.334 e. The maximum absolute atomic E-state index is 11.6. The molecule has 0 aliphatic carbocycles. The lowest BCUT2D eigenvalue weighted by Gasteiger charge is -2.16. The van der Waals surface area contributed by atoms with Gasteiger partial charge in [-0.05, 0) is 24.6 Å². The largest absolute Gasteiger partial charge is 0.496 e. The van der Waals surface area contributed by atoms with Crippen molar-refractivity contribution in [3.8, 4) is 0 Å². The number of benzene rings is 2. The van der Waals surface area contributed by atoms with Gasteiger partial charge in [-0.2, -0.15) is 5.90 Å². The highest BCUT2D eigenvalue weighted by atomic mass is 35.5. The van der Waals surface area contributed by atoms with Crippen molar-refractivity contribution >= 4 is 34.7 Å². The quantitative estimate of drug-likeness (QED) is 0.269. The lowest BCUT2D eigenvalue weighted by atomic mass is 9.98. The zero-order valence-electron chi connectivity index (χ0n) is 14.8. The summed E-state index contributed by atoms with van der Waals surface area (Å²) < 4.78 is 10.1. The van der Waals surface area contributed by atoms with Crippen molar-refractivity contribution in [2.45, 2.75) is 6.92 Å². The summed E-state index contributed by atoms with van der Waals surface area (Å²) in [5.74, 6) is 5.85. The minimum atomic E-state index is -0.523. The molecule has 136 valence electrons. The van der Waals surface area contributed by atoms with Gasteiger partial charge in [-0.25, -0.2) is 4.79 Å². The number of carbonyl (C=O) groups is 1. The number of esters is 1. The summed E-state index contributed by atoms with van der Waals surface area (Å²) in [7, 11) is 2.78. The van der Waals surface area contributed by atoms with Crippen molar-refractivity contribution in [2.75, 3.05) is 14.2 Å². The van der Waals surface area contributed by atoms with Gasteiger partial charge in [0, 0.05) is 21.7 Å². The van der Waals surface area contributed by atoms with Crippen molar-refractivity contribution in [2.24, 2.45) is 5.90 Å². The highest BCUT2D eigenvalue weighted by molar-refractivity contribution is 6.30. The molecule has 0 aromatic heterocycles. The zero-order valence-corrected chi connectivity index (χ0v) is 15.5. The number of halogens is 1. The van der Waals surface area contributed by atoms with E-state index in [9.17, 15) is 4.79 Å². The molecule has 0 heterocycles. The number of hydrogen-bond donors (Lipinski definition) is 1. The van der Waals surface area contributed by atoms with E-state index < -0.39 is 5.97 Å². The fourth-order valence-corrected chi connectivity index (χ4v) is 2.62. The predicted molar refractivity (Wildman–Crippen MR) is 103 cm³/mol. The Morgan fingerprint density at radius 3 is 2.15 bits per heavy atom. The summed E-state index contributed by atoms with van der Waals surface area (Å²) >= 11 is 5.95. The number of rotatable bonds is 6. The standard InChI is InChI=1S/C20H20ClNO4/c1-13(14-8-10-15(21)11-9-14)20(26-22)17-7-5-4-6-16(17)18(24-2)12-19(23)25-3/h4-12H,22H2,1-3H3/b18-12+,20-13?. The Morgan fingerprint density at radius 1 is 1.00 bits per heavy atom. The fourth-order valence-electron chi connectivity index (χ4n) is 2.49. The predicted octanol–water partition coefficient (Wildman–Crippen LogP) is 4.28. The van der Waals surface area contributed by atoms with Crippen LogP contribution in [0.25, 0.3) is 17.1 Å². The SMILES string of the molecule is COC(=O)/C=C(/OC)c1ccccc1C(ON)=C(C)c1ccc(Cl)cc1. The normalized spacial score (nSPS) is 12.3. The summed E-state index contributed by atoms with van der Waals surface area (Å²) in [6.07, 6.45) is 1.27. The van der Waals surface area contributed by atoms with Crippen molar-refractivity contribution in [3.05, 3.63) is 76.3 Å². The minimum Gasteiger partial charge on any atom is -0.496 e. The number of methoxy groups -OCH3 is 2. The van der Waals surface area contributed by atoms with E-state index in [4.69, 9.17) is 27.1 Å². The Balaban J connectivity index is 2.62. The average molecular weight is 374 g/mol. The number of carbonyl (C=O) groups excluding carboxylic acids is 1. The van der Waals surface area contributed by atoms with Crippen LogP contribution in [0, 0.1) is 0 Å². The Bertz CT molecular complexity index is 841. The smallest absolute Gasteiger partial charge is 0.334 e. The van der Waals surface area contributed by atoms with Crippen molar-refractivity contribution < 1.29 is 19.1 Å². The summed E-state index contributed by atoms with van der Waals surface area (Å²) in [5, 5.41) is 0.639. The van der Waals surface area contributed by atoms with Gasteiger partial charge in [0.25, 0.3) is 0 Å². The van der Waals surface area contributed by atoms with E-state index >= 15 is 0 Å². The first-order valence-corrected chi connectivity index (χ1v) is 8.16. The van der Waals surface area contributed by atoms with E-state index in [0.717, 1.165) is 11.1 Å². The Kier molecular flexibility index (Phi) is 6.83. The van der Waals surface area contributed by atoms with Gasteiger partial charge >= 0.3 is 5.97 Å². The Labute approximate surface area is 157 Å². The van der Waals surface area contributed by atoms with Gasteiger partial charge in [0.15, 0.2) is 5.76 Å². The van der Waals surface area contributed by atoms with Gasteiger partial charge in [-0.1, -0.05) is 48.0 Å². The third-order valence-corrected chi connectivity index (χ3v) is 4.09. The monoisotopic (exact) mass is 373 g/mol. The number of ether oxygens (including phenoxy) is 2. The van der Waals surface area contributed by atoms with Crippen LogP contribution in [0.5, 0.6) is 0 Å². The molecule has 5 nitrogen and oxygen atoms in total. The van der Waals surface area contributed by atoms with Gasteiger partial charge in [-0.3, -0.25) is 0 Å². The number of allylic oxidation sites excluding steroid dienone is 1. The van der Waals surface area contributed by atoms with Crippen LogP contribution in [-0.4, -0.2) is 20.2 Å². The first-order chi connectivity index (χ1) is 12.5. The molecule has 2 aromatic carbocycles. The lowest BCUT2D eigenvalue weighted by Crippen LogP contribution is -2.06. The van der Waals surface area contributed by atoms with Crippen molar-refractivity contribution in [3.63, 3.8) is 0 Å². The molecule has 0 bridgehead atoms. The van der Waals surface area contributed by atoms with E-state index in [1.807, 2.05) is 43.3 Å². The topological polar surface area (TPSA) is 70.8 Å². The first-order valence-electron chi connectivity index (χ1n) is 7.78. The highest BCUT2D eigenvalue weighted by Crippen LogP contribution is 2.32. The van der Waals surface area contributed by atoms with Gasteiger partial charge in [0.2, 0.25) is 0 Å². The summed E-state index contributed by atoms with van der Waals surface area (Å²) in [6, 6.07) is 14.6. The molecule has 0 atom stereocenters. The van der Waals surface area contributed by atoms with Crippen LogP contribution >= 0.6 is 11.6 Å². The molecular formula is C20H20ClNO4. The van der Waals surface area contributed by atoms with Crippen LogP contribution in [-0.2, 0) is 19.1 Å². The molecule has 2 N–H and O–H groups in total. The molecule has 0 aliphatic heterocycles. The molecule has 0 radical (unpaired) electrons. The molecule has 0 amide bonds. The second kappa shape index (κ2) is 9.08. The third-order valence-electron chi connectivity index (χ3n) is 3.84. The minimum absolute atomic E-state index is 0.339. The molecule has 0 spiro atoms. The van der Waals surface area contributed by atoms with Gasteiger partial charge in [0.1, 0.15) is 5.76 Å². The molecule has 2 aromatic rings. The molecule has 26 heavy (non-hydrogen) atoms. The Morgan fingerprint density at radius 2 is 1.62 bits per heavy atom. The molecule has 0 aliphatic rings. The first kappa shape index (κ1) is 19.6. The van der Waals surface area contributed by atoms with E-state index in [0.29, 0.717) is 27.7 Å². The van der Waals surface area contributed by atoms with Crippen LogP contribution in [0.2, 0.25) is 5.02 Å². The van der Waals surface area contributed by atoms with Crippen LogP contribution in [0.4, 0.5) is 0 Å². The van der Waals surface area contributed by atoms with E-state index in [1.54, 1.807) is 12.1 Å². The second-order valence-corrected chi connectivity index (χ2v) is 5.80. The summed E-state index contributed by atoms with van der Waals surface area (Å²) in [4.78, 5) is 16.8. The molecular weight excluding hydrogens is 354 g/mol. The molecule has 0 unspecified atom stereocenters. The van der Waals surface area contributed by atoms with Crippen LogP contribution in [0.3, 0.4) is 0 Å². The molecule has 0 fully saturated rings. The molecule has 0 saturated heterocycles. The fraction of sp³-hybridized carbons (Fsp3) is 0.150. The van der Waals surface area contributed by atoms with Gasteiger partial charge < -0.3 is 14.3 Å².